The van der Waals surface area contributed by atoms with Crippen LogP contribution in [-0.4, -0.2) is 37.9 Å². The smallest absolute Gasteiger partial charge is 0.161 e. The van der Waals surface area contributed by atoms with Crippen molar-refractivity contribution in [1.29, 1.82) is 0 Å². The zero-order chi connectivity index (χ0) is 21.1. The van der Waals surface area contributed by atoms with Gasteiger partial charge in [0.25, 0.3) is 0 Å². The zero-order valence-electron chi connectivity index (χ0n) is 19.1. The topological polar surface area (TPSA) is 38.8 Å². The number of hydrogen-bond acceptors (Lipinski definition) is 4. The third-order valence-corrected chi connectivity index (χ3v) is 4.75. The number of carbonyl (C=O) groups is 1. The summed E-state index contributed by atoms with van der Waals surface area (Å²) in [5.41, 5.74) is 0.752. The van der Waals surface area contributed by atoms with Crippen molar-refractivity contribution in [2.24, 2.45) is 11.3 Å². The fourth-order valence-corrected chi connectivity index (χ4v) is 3.66. The highest BCUT2D eigenvalue weighted by Gasteiger charge is 2.39. The number of nitrogens with zero attached hydrogens (tertiary/aromatic N) is 1. The number of ether oxygens (including phenoxy) is 2. The Morgan fingerprint density at radius 3 is 2.54 bits per heavy atom. The second-order valence-corrected chi connectivity index (χ2v) is 7.83. The zero-order valence-corrected chi connectivity index (χ0v) is 15.1. The van der Waals surface area contributed by atoms with Crippen molar-refractivity contribution in [3.05, 3.63) is 23.3 Å². The Morgan fingerprint density at radius 1 is 1.25 bits per heavy atom. The van der Waals surface area contributed by atoms with Crippen LogP contribution in [-0.2, 0) is 11.2 Å². The number of hydrogen-bond donors (Lipinski definition) is 0. The Morgan fingerprint density at radius 2 is 1.92 bits per heavy atom. The minimum absolute atomic E-state index is 0.0663. The molecule has 4 nitrogen and oxygen atoms in total. The second-order valence-electron chi connectivity index (χ2n) is 7.83. The second kappa shape index (κ2) is 6.40. The molecule has 0 spiro atoms. The summed E-state index contributed by atoms with van der Waals surface area (Å²) >= 11 is 0. The Kier molecular flexibility index (Phi) is 3.40. The molecule has 0 bridgehead atoms. The van der Waals surface area contributed by atoms with E-state index in [1.165, 1.54) is 20.3 Å². The number of methoxy groups -OCH3 is 2. The monoisotopic (exact) mass is 335 g/mol. The van der Waals surface area contributed by atoms with Crippen LogP contribution in [0.25, 0.3) is 0 Å². The average Bonchev–Trinajstić information content (AvgIpc) is 2.59. The minimum atomic E-state index is -2.26. The first-order valence-electron chi connectivity index (χ1n) is 10.4. The first-order chi connectivity index (χ1) is 12.8. The van der Waals surface area contributed by atoms with E-state index >= 15 is 0 Å². The summed E-state index contributed by atoms with van der Waals surface area (Å²) in [6, 6.07) is 2.68. The van der Waals surface area contributed by atoms with Crippen LogP contribution < -0.4 is 9.47 Å². The van der Waals surface area contributed by atoms with Gasteiger partial charge in [-0.15, -0.1) is 0 Å². The molecule has 4 heteroatoms. The molecule has 0 N–H and O–H groups in total. The van der Waals surface area contributed by atoms with E-state index in [4.69, 9.17) is 15.0 Å². The van der Waals surface area contributed by atoms with E-state index in [1.807, 2.05) is 0 Å². The van der Waals surface area contributed by atoms with Crippen LogP contribution in [0.5, 0.6) is 11.5 Å². The molecule has 1 aromatic carbocycles. The lowest BCUT2D eigenvalue weighted by Crippen LogP contribution is -2.47. The molecule has 0 amide bonds. The summed E-state index contributed by atoms with van der Waals surface area (Å²) in [5.74, 6) is 0.602. The quantitative estimate of drug-likeness (QED) is 0.845. The molecular weight excluding hydrogens is 302 g/mol. The fourth-order valence-electron chi connectivity index (χ4n) is 3.66. The summed E-state index contributed by atoms with van der Waals surface area (Å²) in [4.78, 5) is 14.4. The van der Waals surface area contributed by atoms with Crippen LogP contribution in [0.3, 0.4) is 0 Å². The Bertz CT molecular complexity index is 788. The van der Waals surface area contributed by atoms with Crippen molar-refractivity contribution >= 4 is 5.78 Å². The molecule has 1 aromatic rings. The van der Waals surface area contributed by atoms with E-state index in [9.17, 15) is 4.79 Å². The number of benzene rings is 1. The van der Waals surface area contributed by atoms with Gasteiger partial charge in [-0.25, -0.2) is 0 Å². The minimum Gasteiger partial charge on any atom is -0.493 e. The highest BCUT2D eigenvalue weighted by Crippen LogP contribution is 2.43. The first-order valence-corrected chi connectivity index (χ1v) is 8.39. The Hall–Kier alpha value is -1.55. The average molecular weight is 335 g/mol. The molecule has 24 heavy (non-hydrogen) atoms. The van der Waals surface area contributed by atoms with Gasteiger partial charge >= 0.3 is 0 Å². The normalized spacial score (nSPS) is 31.0. The molecule has 2 atom stereocenters. The molecule has 2 aliphatic heterocycles. The van der Waals surface area contributed by atoms with Crippen molar-refractivity contribution in [3.8, 4) is 11.5 Å². The van der Waals surface area contributed by atoms with Gasteiger partial charge in [-0.1, -0.05) is 20.8 Å². The lowest BCUT2D eigenvalue weighted by atomic mass is 9.76. The van der Waals surface area contributed by atoms with Crippen LogP contribution in [0, 0.1) is 11.3 Å². The molecule has 0 unspecified atom stereocenters. The van der Waals surface area contributed by atoms with Crippen molar-refractivity contribution in [3.63, 3.8) is 0 Å². The number of piperidine rings is 1. The van der Waals surface area contributed by atoms with Crippen molar-refractivity contribution in [2.75, 3.05) is 27.3 Å². The van der Waals surface area contributed by atoms with Crippen LogP contribution in [0.15, 0.2) is 12.1 Å². The van der Waals surface area contributed by atoms with Crippen LogP contribution >= 0.6 is 0 Å². The number of carbonyl (C=O) groups excluding carboxylic acids is 1. The van der Waals surface area contributed by atoms with Gasteiger partial charge in [-0.2, -0.15) is 0 Å². The highest BCUT2D eigenvalue weighted by molar-refractivity contribution is 5.83. The van der Waals surface area contributed by atoms with E-state index in [0.717, 1.165) is 0 Å². The lowest BCUT2D eigenvalue weighted by Gasteiger charge is -2.44. The van der Waals surface area contributed by atoms with Crippen LogP contribution in [0.4, 0.5) is 0 Å². The van der Waals surface area contributed by atoms with Crippen LogP contribution in [0.1, 0.15) is 56.3 Å². The Labute approximate surface area is 150 Å². The standard InChI is InChI=1S/C20H29NO3/c1-20(2,3)11-14-12-21-7-6-13-8-18(23-4)19(24-5)9-15(13)16(21)10-17(14)22/h8-9,14,16H,6-7,10-12H2,1-5H3/t14-,16-/m0/s1/i6D2,7D2. The van der Waals surface area contributed by atoms with E-state index in [-0.39, 0.29) is 35.6 Å². The van der Waals surface area contributed by atoms with E-state index in [0.29, 0.717) is 23.5 Å². The lowest BCUT2D eigenvalue weighted by molar-refractivity contribution is -0.130. The molecule has 2 heterocycles. The highest BCUT2D eigenvalue weighted by atomic mass is 16.5. The van der Waals surface area contributed by atoms with Gasteiger partial charge in [-0.3, -0.25) is 9.69 Å². The molecule has 0 aromatic heterocycles. The Balaban J connectivity index is 2.12. The van der Waals surface area contributed by atoms with Crippen molar-refractivity contribution < 1.29 is 19.8 Å². The number of fused-ring (bicyclic) bond motifs is 3. The fraction of sp³-hybridized carbons (Fsp3) is 0.650. The number of aryl methyl sites for hydroxylation is 1. The molecule has 2 aliphatic rings. The molecule has 0 radical (unpaired) electrons. The molecule has 1 saturated heterocycles. The predicted molar refractivity (Wildman–Crippen MR) is 94.8 cm³/mol. The maximum Gasteiger partial charge on any atom is 0.161 e. The molecule has 3 rings (SSSR count). The van der Waals surface area contributed by atoms with Gasteiger partial charge in [0.15, 0.2) is 11.5 Å². The number of Topliss-reactive ketones (excluding diaryl/α,β-unsaturated/α-hetero) is 1. The van der Waals surface area contributed by atoms with Crippen LogP contribution in [0.2, 0.25) is 0 Å². The maximum atomic E-state index is 12.9. The largest absolute Gasteiger partial charge is 0.493 e. The summed E-state index contributed by atoms with van der Waals surface area (Å²) < 4.78 is 45.1. The summed E-state index contributed by atoms with van der Waals surface area (Å²) in [6.45, 7) is 4.14. The summed E-state index contributed by atoms with van der Waals surface area (Å²) in [6.07, 6.45) is -1.45. The van der Waals surface area contributed by atoms with E-state index in [2.05, 4.69) is 20.8 Å². The van der Waals surface area contributed by atoms with E-state index in [1.54, 1.807) is 11.0 Å². The third-order valence-electron chi connectivity index (χ3n) is 4.75. The molecule has 1 fully saturated rings. The summed E-state index contributed by atoms with van der Waals surface area (Å²) in [7, 11) is 2.97. The molecule has 132 valence electrons. The van der Waals surface area contributed by atoms with Gasteiger partial charge in [0.1, 0.15) is 5.78 Å². The van der Waals surface area contributed by atoms with Gasteiger partial charge in [-0.05, 0) is 41.5 Å². The van der Waals surface area contributed by atoms with Gasteiger partial charge in [0, 0.05) is 36.9 Å². The first kappa shape index (κ1) is 12.8. The summed E-state index contributed by atoms with van der Waals surface area (Å²) in [5, 5.41) is 0. The molecule has 0 aliphatic carbocycles. The third kappa shape index (κ3) is 3.30. The van der Waals surface area contributed by atoms with E-state index < -0.39 is 18.9 Å². The SMILES string of the molecule is [2H]C1([2H])c2cc(OC)c(OC)cc2[C@@H]2CC(=O)[C@@H](CC(C)(C)C)CN2C1([2H])[2H]. The van der Waals surface area contributed by atoms with Crippen molar-refractivity contribution in [2.45, 2.75) is 46.0 Å². The van der Waals surface area contributed by atoms with Gasteiger partial charge in [0.2, 0.25) is 0 Å². The molecular formula is C20H29NO3. The molecule has 0 saturated carbocycles. The number of ketones is 1. The van der Waals surface area contributed by atoms with Gasteiger partial charge < -0.3 is 9.47 Å². The van der Waals surface area contributed by atoms with Crippen molar-refractivity contribution in [1.82, 2.24) is 4.90 Å². The maximum absolute atomic E-state index is 12.9. The predicted octanol–water partition coefficient (Wildman–Crippen LogP) is 3.63. The van der Waals surface area contributed by atoms with Gasteiger partial charge in [0.05, 0.1) is 14.2 Å². The number of rotatable bonds is 3.